The lowest BCUT2D eigenvalue weighted by atomic mass is 9.78. The first kappa shape index (κ1) is 16.8. The van der Waals surface area contributed by atoms with Crippen molar-refractivity contribution >= 4 is 17.5 Å². The van der Waals surface area contributed by atoms with Gasteiger partial charge >= 0.3 is 0 Å². The van der Waals surface area contributed by atoms with E-state index in [1.54, 1.807) is 13.3 Å². The fourth-order valence-corrected chi connectivity index (χ4v) is 3.61. The Bertz CT molecular complexity index is 710. The second kappa shape index (κ2) is 7.22. The molecule has 0 saturated heterocycles. The van der Waals surface area contributed by atoms with Crippen LogP contribution in [0.3, 0.4) is 0 Å². The van der Waals surface area contributed by atoms with Crippen LogP contribution in [0.2, 0.25) is 5.02 Å². The van der Waals surface area contributed by atoms with E-state index in [1.807, 2.05) is 36.4 Å². The summed E-state index contributed by atoms with van der Waals surface area (Å²) in [7, 11) is 1.58. The van der Waals surface area contributed by atoms with Crippen LogP contribution in [0, 0.1) is 0 Å². The van der Waals surface area contributed by atoms with Gasteiger partial charge in [0.1, 0.15) is 0 Å². The Kier molecular flexibility index (Phi) is 5.05. The molecule has 1 saturated carbocycles. The lowest BCUT2D eigenvalue weighted by molar-refractivity contribution is -0.126. The molecule has 1 aliphatic carbocycles. The first-order valence-corrected chi connectivity index (χ1v) is 8.56. The van der Waals surface area contributed by atoms with Crippen molar-refractivity contribution in [2.75, 3.05) is 7.11 Å². The zero-order valence-corrected chi connectivity index (χ0v) is 14.5. The molecule has 0 unspecified atom stereocenters. The van der Waals surface area contributed by atoms with Crippen LogP contribution < -0.4 is 10.1 Å². The fraction of sp³-hybridized carbons (Fsp3) is 0.368. The lowest BCUT2D eigenvalue weighted by Gasteiger charge is -2.28. The number of ether oxygens (including phenoxy) is 1. The number of rotatable bonds is 5. The molecule has 0 bridgehead atoms. The molecule has 3 rings (SSSR count). The number of hydrogen-bond acceptors (Lipinski definition) is 3. The van der Waals surface area contributed by atoms with Crippen LogP contribution >= 0.6 is 11.6 Å². The lowest BCUT2D eigenvalue weighted by Crippen LogP contribution is -2.42. The third-order valence-corrected chi connectivity index (χ3v) is 5.02. The maximum absolute atomic E-state index is 13.0. The second-order valence-electron chi connectivity index (χ2n) is 6.15. The van der Waals surface area contributed by atoms with Crippen LogP contribution in [0.4, 0.5) is 0 Å². The van der Waals surface area contributed by atoms with Gasteiger partial charge in [-0.25, -0.2) is 4.98 Å². The third kappa shape index (κ3) is 3.24. The summed E-state index contributed by atoms with van der Waals surface area (Å²) in [6, 6.07) is 11.4. The molecule has 2 aromatic rings. The summed E-state index contributed by atoms with van der Waals surface area (Å²) in [6.45, 7) is 0.408. The van der Waals surface area contributed by atoms with Gasteiger partial charge < -0.3 is 10.1 Å². The van der Waals surface area contributed by atoms with Crippen LogP contribution in [-0.2, 0) is 16.8 Å². The van der Waals surface area contributed by atoms with Gasteiger partial charge in [-0.1, -0.05) is 42.6 Å². The van der Waals surface area contributed by atoms with Gasteiger partial charge in [0, 0.05) is 23.3 Å². The Morgan fingerprint density at radius 3 is 2.62 bits per heavy atom. The molecule has 126 valence electrons. The number of benzene rings is 1. The molecule has 24 heavy (non-hydrogen) atoms. The van der Waals surface area contributed by atoms with Crippen molar-refractivity contribution < 1.29 is 9.53 Å². The quantitative estimate of drug-likeness (QED) is 0.895. The Hall–Kier alpha value is -2.07. The summed E-state index contributed by atoms with van der Waals surface area (Å²) in [4.78, 5) is 17.2. The van der Waals surface area contributed by atoms with E-state index in [9.17, 15) is 4.79 Å². The standard InChI is InChI=1S/C19H21ClN2O2/c1-24-17-14(5-4-12-21-17)13-22-18(23)19(10-2-3-11-19)15-6-8-16(20)9-7-15/h4-9,12H,2-3,10-11,13H2,1H3,(H,22,23). The minimum Gasteiger partial charge on any atom is -0.481 e. The molecule has 1 amide bonds. The minimum absolute atomic E-state index is 0.0632. The molecule has 1 fully saturated rings. The van der Waals surface area contributed by atoms with E-state index in [0.29, 0.717) is 17.4 Å². The van der Waals surface area contributed by atoms with Gasteiger partial charge in [0.25, 0.3) is 0 Å². The number of pyridine rings is 1. The zero-order chi connectivity index (χ0) is 17.0. The Balaban J connectivity index is 1.79. The number of nitrogens with zero attached hydrogens (tertiary/aromatic N) is 1. The fourth-order valence-electron chi connectivity index (χ4n) is 3.48. The largest absolute Gasteiger partial charge is 0.481 e. The summed E-state index contributed by atoms with van der Waals surface area (Å²) in [6.07, 6.45) is 5.53. The molecule has 4 nitrogen and oxygen atoms in total. The molecular weight excluding hydrogens is 324 g/mol. The first-order chi connectivity index (χ1) is 11.7. The summed E-state index contributed by atoms with van der Waals surface area (Å²) >= 11 is 6.00. The number of nitrogens with one attached hydrogen (secondary N) is 1. The molecule has 1 N–H and O–H groups in total. The average molecular weight is 345 g/mol. The summed E-state index contributed by atoms with van der Waals surface area (Å²) in [5.74, 6) is 0.609. The molecule has 0 atom stereocenters. The first-order valence-electron chi connectivity index (χ1n) is 8.18. The maximum Gasteiger partial charge on any atom is 0.230 e. The van der Waals surface area contributed by atoms with Gasteiger partial charge in [-0.3, -0.25) is 4.79 Å². The van der Waals surface area contributed by atoms with Gasteiger partial charge in [-0.15, -0.1) is 0 Å². The van der Waals surface area contributed by atoms with Crippen molar-refractivity contribution in [1.29, 1.82) is 0 Å². The van der Waals surface area contributed by atoms with Gasteiger partial charge in [0.05, 0.1) is 12.5 Å². The molecule has 0 radical (unpaired) electrons. The number of hydrogen-bond donors (Lipinski definition) is 1. The summed E-state index contributed by atoms with van der Waals surface area (Å²) < 4.78 is 5.25. The molecule has 0 aliphatic heterocycles. The SMILES string of the molecule is COc1ncccc1CNC(=O)C1(c2ccc(Cl)cc2)CCCC1. The van der Waals surface area contributed by atoms with Crippen molar-refractivity contribution in [2.24, 2.45) is 0 Å². The number of methoxy groups -OCH3 is 1. The van der Waals surface area contributed by atoms with Crippen molar-refractivity contribution in [3.8, 4) is 5.88 Å². The van der Waals surface area contributed by atoms with Crippen LogP contribution in [0.1, 0.15) is 36.8 Å². The van der Waals surface area contributed by atoms with Crippen molar-refractivity contribution in [3.63, 3.8) is 0 Å². The van der Waals surface area contributed by atoms with E-state index >= 15 is 0 Å². The van der Waals surface area contributed by atoms with Crippen LogP contribution in [0.15, 0.2) is 42.6 Å². The molecule has 1 aromatic heterocycles. The minimum atomic E-state index is -0.458. The van der Waals surface area contributed by atoms with E-state index in [4.69, 9.17) is 16.3 Å². The highest BCUT2D eigenvalue weighted by molar-refractivity contribution is 6.30. The normalized spacial score (nSPS) is 15.9. The predicted molar refractivity (Wildman–Crippen MR) is 94.2 cm³/mol. The monoisotopic (exact) mass is 344 g/mol. The number of carbonyl (C=O) groups excluding carboxylic acids is 1. The van der Waals surface area contributed by atoms with Crippen molar-refractivity contribution in [3.05, 3.63) is 58.7 Å². The average Bonchev–Trinajstić information content (AvgIpc) is 3.11. The molecule has 1 aromatic carbocycles. The topological polar surface area (TPSA) is 51.2 Å². The van der Waals surface area contributed by atoms with E-state index in [2.05, 4.69) is 10.3 Å². The summed E-state index contributed by atoms with van der Waals surface area (Å²) in [5, 5.41) is 3.77. The Labute approximate surface area is 147 Å². The summed E-state index contributed by atoms with van der Waals surface area (Å²) in [5.41, 5.74) is 1.46. The van der Waals surface area contributed by atoms with Gasteiger partial charge in [0.15, 0.2) is 0 Å². The van der Waals surface area contributed by atoms with E-state index in [1.165, 1.54) is 0 Å². The van der Waals surface area contributed by atoms with Crippen molar-refractivity contribution in [1.82, 2.24) is 10.3 Å². The number of carbonyl (C=O) groups is 1. The number of amides is 1. The number of aromatic nitrogens is 1. The third-order valence-electron chi connectivity index (χ3n) is 4.77. The highest BCUT2D eigenvalue weighted by Crippen LogP contribution is 2.41. The van der Waals surface area contributed by atoms with Gasteiger partial charge in [-0.2, -0.15) is 0 Å². The van der Waals surface area contributed by atoms with Crippen molar-refractivity contribution in [2.45, 2.75) is 37.6 Å². The zero-order valence-electron chi connectivity index (χ0n) is 13.7. The number of halogens is 1. The molecule has 1 heterocycles. The van der Waals surface area contributed by atoms with Gasteiger partial charge in [-0.05, 0) is 36.6 Å². The van der Waals surface area contributed by atoms with E-state index < -0.39 is 5.41 Å². The highest BCUT2D eigenvalue weighted by Gasteiger charge is 2.42. The van der Waals surface area contributed by atoms with E-state index in [0.717, 1.165) is 36.8 Å². The predicted octanol–water partition coefficient (Wildman–Crippen LogP) is 3.87. The Morgan fingerprint density at radius 2 is 1.96 bits per heavy atom. The van der Waals surface area contributed by atoms with Crippen LogP contribution in [-0.4, -0.2) is 18.0 Å². The molecule has 1 aliphatic rings. The van der Waals surface area contributed by atoms with Crippen LogP contribution in [0.5, 0.6) is 5.88 Å². The molecule has 0 spiro atoms. The maximum atomic E-state index is 13.0. The molecular formula is C19H21ClN2O2. The van der Waals surface area contributed by atoms with Crippen LogP contribution in [0.25, 0.3) is 0 Å². The Morgan fingerprint density at radius 1 is 1.25 bits per heavy atom. The van der Waals surface area contributed by atoms with Gasteiger partial charge in [0.2, 0.25) is 11.8 Å². The molecule has 5 heteroatoms. The highest BCUT2D eigenvalue weighted by atomic mass is 35.5. The smallest absolute Gasteiger partial charge is 0.230 e. The van der Waals surface area contributed by atoms with E-state index in [-0.39, 0.29) is 5.91 Å². The second-order valence-corrected chi connectivity index (χ2v) is 6.59.